The molecule has 0 spiro atoms. The van der Waals surface area contributed by atoms with E-state index in [0.29, 0.717) is 44.3 Å². The lowest BCUT2D eigenvalue weighted by Gasteiger charge is -2.57. The molecule has 0 saturated heterocycles. The second-order valence-corrected chi connectivity index (χ2v) is 15.1. The van der Waals surface area contributed by atoms with Crippen molar-refractivity contribution >= 4 is 44.3 Å². The Morgan fingerprint density at radius 3 is 2.53 bits per heavy atom. The second kappa shape index (κ2) is 10.3. The third kappa shape index (κ3) is 5.26. The first-order valence-corrected chi connectivity index (χ1v) is 16.0. The molecule has 4 saturated carbocycles. The van der Waals surface area contributed by atoms with Gasteiger partial charge < -0.3 is 0 Å². The Morgan fingerprint density at radius 2 is 1.83 bits per heavy atom. The van der Waals surface area contributed by atoms with Crippen molar-refractivity contribution in [3.8, 4) is 0 Å². The Labute approximate surface area is 219 Å². The molecular weight excluding hydrogens is 500 g/mol. The molecule has 0 radical (unpaired) electrons. The molecule has 0 amide bonds. The Morgan fingerprint density at radius 1 is 1.11 bits per heavy atom. The van der Waals surface area contributed by atoms with Gasteiger partial charge in [-0.05, 0) is 67.1 Å². The summed E-state index contributed by atoms with van der Waals surface area (Å²) in [6, 6.07) is 0. The van der Waals surface area contributed by atoms with Crippen molar-refractivity contribution < 1.29 is 32.1 Å². The van der Waals surface area contributed by atoms with Crippen LogP contribution < -0.4 is 0 Å². The molecule has 8 atom stereocenters. The molecule has 1 N–H and O–H groups in total. The van der Waals surface area contributed by atoms with E-state index in [0.717, 1.165) is 31.0 Å². The van der Waals surface area contributed by atoms with Crippen molar-refractivity contribution in [2.24, 2.45) is 46.3 Å². The zero-order valence-electron chi connectivity index (χ0n) is 21.7. The number of hydrogen-bond acceptors (Lipinski definition) is 7. The Bertz CT molecular complexity index is 1040. The first-order valence-electron chi connectivity index (χ1n) is 13.4. The van der Waals surface area contributed by atoms with Crippen LogP contribution in [-0.2, 0) is 29.3 Å². The van der Waals surface area contributed by atoms with Gasteiger partial charge in [-0.3, -0.25) is 23.7 Å². The number of Topliss-reactive ketones (excluding diaryl/α,β-unsaturated/α-hetero) is 3. The molecule has 0 aromatic heterocycles. The summed E-state index contributed by atoms with van der Waals surface area (Å²) in [6.07, 6.45) is 5.72. The molecule has 36 heavy (non-hydrogen) atoms. The minimum atomic E-state index is -4.00. The van der Waals surface area contributed by atoms with Gasteiger partial charge in [0.1, 0.15) is 17.3 Å². The lowest BCUT2D eigenvalue weighted by atomic mass is 9.45. The van der Waals surface area contributed by atoms with Gasteiger partial charge in [0.2, 0.25) is 0 Å². The summed E-state index contributed by atoms with van der Waals surface area (Å²) in [5.41, 5.74) is -0.841. The molecule has 8 unspecified atom stereocenters. The van der Waals surface area contributed by atoms with Crippen LogP contribution in [-0.4, -0.2) is 46.9 Å². The molecule has 0 heterocycles. The molecule has 4 aliphatic carbocycles. The molecule has 4 aliphatic rings. The molecule has 202 valence electrons. The smallest absolute Gasteiger partial charge is 0.264 e. The van der Waals surface area contributed by atoms with E-state index in [1.165, 1.54) is 0 Å². The second-order valence-electron chi connectivity index (χ2n) is 12.4. The molecule has 9 heteroatoms. The SMILES string of the molecule is CC(CCC(=O)SCCCS(=O)(=O)O)C1CCC2C3C(=O)CC4(C)CC(=O)CCC4C3CC(=O)C12C. The highest BCUT2D eigenvalue weighted by Crippen LogP contribution is 2.65. The molecule has 4 rings (SSSR count). The minimum absolute atomic E-state index is 0.000474. The van der Waals surface area contributed by atoms with Crippen LogP contribution in [0, 0.1) is 46.3 Å². The number of thioether (sulfide) groups is 1. The van der Waals surface area contributed by atoms with Gasteiger partial charge in [-0.25, -0.2) is 0 Å². The minimum Gasteiger partial charge on any atom is -0.300 e. The van der Waals surface area contributed by atoms with Gasteiger partial charge in [-0.15, -0.1) is 0 Å². The quantitative estimate of drug-likeness (QED) is 0.352. The molecule has 0 aromatic rings. The number of carbonyl (C=O) groups excluding carboxylic acids is 4. The van der Waals surface area contributed by atoms with Gasteiger partial charge in [0.15, 0.2) is 5.12 Å². The van der Waals surface area contributed by atoms with Gasteiger partial charge >= 0.3 is 0 Å². The highest BCUT2D eigenvalue weighted by Gasteiger charge is 2.65. The van der Waals surface area contributed by atoms with Crippen LogP contribution in [0.25, 0.3) is 0 Å². The van der Waals surface area contributed by atoms with Crippen molar-refractivity contribution in [1.29, 1.82) is 0 Å². The van der Waals surface area contributed by atoms with Gasteiger partial charge in [-0.2, -0.15) is 8.42 Å². The average Bonchev–Trinajstić information content (AvgIpc) is 3.12. The maximum Gasteiger partial charge on any atom is 0.264 e. The Hall–Kier alpha value is -1.06. The number of carbonyl (C=O) groups is 4. The predicted molar refractivity (Wildman–Crippen MR) is 138 cm³/mol. The first kappa shape index (κ1) is 28.0. The number of fused-ring (bicyclic) bond motifs is 5. The highest BCUT2D eigenvalue weighted by atomic mass is 32.2. The van der Waals surface area contributed by atoms with Crippen LogP contribution in [0.2, 0.25) is 0 Å². The van der Waals surface area contributed by atoms with Gasteiger partial charge in [0, 0.05) is 49.2 Å². The number of rotatable bonds is 8. The lowest BCUT2D eigenvalue weighted by molar-refractivity contribution is -0.163. The fourth-order valence-electron chi connectivity index (χ4n) is 8.61. The largest absolute Gasteiger partial charge is 0.300 e. The first-order chi connectivity index (χ1) is 16.8. The number of hydrogen-bond donors (Lipinski definition) is 1. The van der Waals surface area contributed by atoms with Gasteiger partial charge in [0.25, 0.3) is 10.1 Å². The van der Waals surface area contributed by atoms with Gasteiger partial charge in [0.05, 0.1) is 5.75 Å². The van der Waals surface area contributed by atoms with Crippen LogP contribution in [0.15, 0.2) is 0 Å². The van der Waals surface area contributed by atoms with E-state index in [2.05, 4.69) is 20.8 Å². The molecule has 0 aromatic carbocycles. The van der Waals surface area contributed by atoms with E-state index >= 15 is 0 Å². The van der Waals surface area contributed by atoms with E-state index in [1.807, 2.05) is 0 Å². The zero-order valence-corrected chi connectivity index (χ0v) is 23.3. The number of ketones is 3. The molecule has 0 aliphatic heterocycles. The Balaban J connectivity index is 1.40. The molecule has 7 nitrogen and oxygen atoms in total. The zero-order chi connectivity index (χ0) is 26.5. The summed E-state index contributed by atoms with van der Waals surface area (Å²) >= 11 is 1.10. The van der Waals surface area contributed by atoms with Crippen LogP contribution >= 0.6 is 11.8 Å². The Kier molecular flexibility index (Phi) is 7.96. The fourth-order valence-corrected chi connectivity index (χ4v) is 10.1. The van der Waals surface area contributed by atoms with E-state index in [4.69, 9.17) is 4.55 Å². The average molecular weight is 541 g/mol. The summed E-state index contributed by atoms with van der Waals surface area (Å²) in [5, 5.41) is 0.000474. The van der Waals surface area contributed by atoms with Crippen molar-refractivity contribution in [2.45, 2.75) is 85.0 Å². The van der Waals surface area contributed by atoms with E-state index < -0.39 is 15.5 Å². The van der Waals surface area contributed by atoms with Crippen molar-refractivity contribution in [3.63, 3.8) is 0 Å². The van der Waals surface area contributed by atoms with Crippen molar-refractivity contribution in [2.75, 3.05) is 11.5 Å². The van der Waals surface area contributed by atoms with Crippen LogP contribution in [0.1, 0.15) is 85.0 Å². The van der Waals surface area contributed by atoms with Gasteiger partial charge in [-0.1, -0.05) is 32.5 Å². The summed E-state index contributed by atoms with van der Waals surface area (Å²) < 4.78 is 30.4. The van der Waals surface area contributed by atoms with E-state index in [1.54, 1.807) is 0 Å². The van der Waals surface area contributed by atoms with E-state index in [9.17, 15) is 27.6 Å². The third-order valence-electron chi connectivity index (χ3n) is 10.2. The summed E-state index contributed by atoms with van der Waals surface area (Å²) in [5.74, 6) is 1.37. The monoisotopic (exact) mass is 540 g/mol. The van der Waals surface area contributed by atoms with E-state index in [-0.39, 0.29) is 75.6 Å². The fraction of sp³-hybridized carbons (Fsp3) is 0.852. The van der Waals surface area contributed by atoms with Crippen LogP contribution in [0.3, 0.4) is 0 Å². The predicted octanol–water partition coefficient (Wildman–Crippen LogP) is 4.53. The maximum atomic E-state index is 13.8. The maximum absolute atomic E-state index is 13.8. The molecule has 0 bridgehead atoms. The van der Waals surface area contributed by atoms with Crippen LogP contribution in [0.5, 0.6) is 0 Å². The standard InChI is InChI=1S/C27H40O7S2/c1-16(5-10-24(31)35-11-4-12-36(32,33)34)19-8-9-21-25-18(13-23(30)27(19,21)3)20-7-6-17(28)14-26(20,2)15-22(25)29/h16,18-21,25H,4-15H2,1-3H3,(H,32,33,34). The molecular formula is C27H40O7S2. The summed E-state index contributed by atoms with van der Waals surface area (Å²) in [6.45, 7) is 6.26. The van der Waals surface area contributed by atoms with Crippen LogP contribution in [0.4, 0.5) is 0 Å². The van der Waals surface area contributed by atoms with Crippen molar-refractivity contribution in [1.82, 2.24) is 0 Å². The topological polar surface area (TPSA) is 123 Å². The lowest BCUT2D eigenvalue weighted by Crippen LogP contribution is -2.59. The normalized spacial score (nSPS) is 39.3. The third-order valence-corrected chi connectivity index (χ3v) is 12.1. The van der Waals surface area contributed by atoms with Crippen molar-refractivity contribution in [3.05, 3.63) is 0 Å². The summed E-state index contributed by atoms with van der Waals surface area (Å²) in [4.78, 5) is 51.9. The molecule has 4 fully saturated rings. The summed E-state index contributed by atoms with van der Waals surface area (Å²) in [7, 11) is -4.00. The highest BCUT2D eigenvalue weighted by molar-refractivity contribution is 8.13.